The van der Waals surface area contributed by atoms with Crippen LogP contribution in [0.4, 0.5) is 16.2 Å². The number of amides is 1. The Morgan fingerprint density at radius 2 is 1.90 bits per heavy atom. The van der Waals surface area contributed by atoms with Gasteiger partial charge in [-0.1, -0.05) is 11.6 Å². The number of anilines is 1. The minimum absolute atomic E-state index is 0.0445. The second-order valence-corrected chi connectivity index (χ2v) is 8.72. The van der Waals surface area contributed by atoms with Gasteiger partial charge < -0.3 is 19.7 Å². The normalized spacial score (nSPS) is 16.0. The van der Waals surface area contributed by atoms with Crippen molar-refractivity contribution in [2.45, 2.75) is 52.2 Å². The maximum atomic E-state index is 12.2. The van der Waals surface area contributed by atoms with Crippen LogP contribution in [0.1, 0.15) is 50.9 Å². The number of nitrogens with one attached hydrogen (secondary N) is 1. The molecule has 0 aromatic heterocycles. The van der Waals surface area contributed by atoms with Gasteiger partial charge in [0.25, 0.3) is 5.69 Å². The van der Waals surface area contributed by atoms with E-state index in [1.54, 1.807) is 4.90 Å². The molecular formula is C20H28ClN3O6. The van der Waals surface area contributed by atoms with Gasteiger partial charge >= 0.3 is 12.1 Å². The predicted molar refractivity (Wildman–Crippen MR) is 113 cm³/mol. The number of carbonyl (C=O) groups excluding carboxylic acids is 2. The number of piperidine rings is 1. The Labute approximate surface area is 180 Å². The van der Waals surface area contributed by atoms with Crippen molar-refractivity contribution in [1.29, 1.82) is 0 Å². The summed E-state index contributed by atoms with van der Waals surface area (Å²) >= 11 is 6.21. The molecule has 0 radical (unpaired) electrons. The fourth-order valence-electron chi connectivity index (χ4n) is 3.35. The number of methoxy groups -OCH3 is 1. The maximum absolute atomic E-state index is 12.2. The number of hydrogen-bond donors (Lipinski definition) is 1. The van der Waals surface area contributed by atoms with Crippen LogP contribution in [-0.4, -0.2) is 53.7 Å². The molecule has 0 bridgehead atoms. The highest BCUT2D eigenvalue weighted by molar-refractivity contribution is 6.35. The van der Waals surface area contributed by atoms with E-state index >= 15 is 0 Å². The van der Waals surface area contributed by atoms with Crippen LogP contribution in [0, 0.1) is 16.0 Å². The molecule has 1 aliphatic heterocycles. The smallest absolute Gasteiger partial charge is 0.410 e. The highest BCUT2D eigenvalue weighted by Crippen LogP contribution is 2.35. The van der Waals surface area contributed by atoms with Crippen LogP contribution in [-0.2, 0) is 9.47 Å². The number of likely N-dealkylation sites (tertiary alicyclic amines) is 1. The zero-order chi connectivity index (χ0) is 22.6. The summed E-state index contributed by atoms with van der Waals surface area (Å²) in [6, 6.07) is 2.47. The number of rotatable bonds is 5. The summed E-state index contributed by atoms with van der Waals surface area (Å²) in [6.45, 7) is 8.54. The number of halogens is 1. The molecule has 0 aliphatic carbocycles. The minimum atomic E-state index is -0.684. The molecule has 9 nitrogen and oxygen atoms in total. The minimum Gasteiger partial charge on any atom is -0.465 e. The van der Waals surface area contributed by atoms with Crippen LogP contribution in [0.2, 0.25) is 5.02 Å². The van der Waals surface area contributed by atoms with E-state index in [2.05, 4.69) is 10.1 Å². The molecule has 1 aliphatic rings. The highest BCUT2D eigenvalue weighted by Gasteiger charge is 2.30. The van der Waals surface area contributed by atoms with Gasteiger partial charge in [0.1, 0.15) is 10.6 Å². The SMILES string of the molecule is COC(=O)c1cc(NC(C)C2CCN(C(=O)OC(C)(C)C)CC2)c(Cl)c([N+](=O)[O-])c1. The van der Waals surface area contributed by atoms with Gasteiger partial charge in [0.15, 0.2) is 0 Å². The molecule has 1 unspecified atom stereocenters. The van der Waals surface area contributed by atoms with E-state index in [1.165, 1.54) is 13.2 Å². The van der Waals surface area contributed by atoms with Crippen molar-refractivity contribution in [2.24, 2.45) is 5.92 Å². The molecule has 30 heavy (non-hydrogen) atoms. The van der Waals surface area contributed by atoms with Gasteiger partial charge in [0.2, 0.25) is 0 Å². The van der Waals surface area contributed by atoms with Crippen LogP contribution >= 0.6 is 11.6 Å². The summed E-state index contributed by atoms with van der Waals surface area (Å²) in [5.74, 6) is -0.475. The molecule has 0 saturated carbocycles. The fourth-order valence-corrected chi connectivity index (χ4v) is 3.59. The van der Waals surface area contributed by atoms with Gasteiger partial charge in [0, 0.05) is 25.2 Å². The Morgan fingerprint density at radius 1 is 1.30 bits per heavy atom. The number of nitro benzene ring substituents is 1. The first-order valence-corrected chi connectivity index (χ1v) is 10.1. The van der Waals surface area contributed by atoms with Crippen molar-refractivity contribution in [1.82, 2.24) is 4.90 Å². The van der Waals surface area contributed by atoms with E-state index in [1.807, 2.05) is 27.7 Å². The van der Waals surface area contributed by atoms with E-state index in [0.29, 0.717) is 18.8 Å². The van der Waals surface area contributed by atoms with E-state index in [4.69, 9.17) is 16.3 Å². The van der Waals surface area contributed by atoms with Gasteiger partial charge in [-0.2, -0.15) is 0 Å². The summed E-state index contributed by atoms with van der Waals surface area (Å²) in [5.41, 5.74) is -0.566. The topological polar surface area (TPSA) is 111 Å². The lowest BCUT2D eigenvalue weighted by molar-refractivity contribution is -0.384. The summed E-state index contributed by atoms with van der Waals surface area (Å²) in [6.07, 6.45) is 1.15. The number of nitrogens with zero attached hydrogens (tertiary/aromatic N) is 2. The van der Waals surface area contributed by atoms with Crippen molar-refractivity contribution in [3.63, 3.8) is 0 Å². The molecule has 0 spiro atoms. The van der Waals surface area contributed by atoms with Crippen molar-refractivity contribution >= 4 is 35.0 Å². The number of ether oxygens (including phenoxy) is 2. The van der Waals surface area contributed by atoms with E-state index in [9.17, 15) is 19.7 Å². The largest absolute Gasteiger partial charge is 0.465 e. The second kappa shape index (κ2) is 9.51. The maximum Gasteiger partial charge on any atom is 0.410 e. The molecule has 166 valence electrons. The third kappa shape index (κ3) is 5.98. The Hall–Kier alpha value is -2.55. The molecule has 10 heteroatoms. The first kappa shape index (κ1) is 23.7. The lowest BCUT2D eigenvalue weighted by Gasteiger charge is -2.36. The summed E-state index contributed by atoms with van der Waals surface area (Å²) in [7, 11) is 1.21. The molecule has 1 atom stereocenters. The lowest BCUT2D eigenvalue weighted by Crippen LogP contribution is -2.44. The Kier molecular flexibility index (Phi) is 7.52. The van der Waals surface area contributed by atoms with E-state index in [-0.39, 0.29) is 34.3 Å². The Balaban J connectivity index is 2.09. The number of nitro groups is 1. The van der Waals surface area contributed by atoms with Crippen LogP contribution in [0.25, 0.3) is 0 Å². The van der Waals surface area contributed by atoms with Crippen molar-refractivity contribution in [3.8, 4) is 0 Å². The van der Waals surface area contributed by atoms with Gasteiger partial charge in [-0.3, -0.25) is 10.1 Å². The third-order valence-corrected chi connectivity index (χ3v) is 5.35. The van der Waals surface area contributed by atoms with Crippen LogP contribution in [0.15, 0.2) is 12.1 Å². The standard InChI is InChI=1S/C20H28ClN3O6/c1-12(13-6-8-23(9-7-13)19(26)30-20(2,3)4)22-15-10-14(18(25)29-5)11-16(17(15)21)24(27)28/h10-13,22H,6-9H2,1-5H3. The number of esters is 1. The van der Waals surface area contributed by atoms with Crippen LogP contribution in [0.3, 0.4) is 0 Å². The molecule has 1 saturated heterocycles. The zero-order valence-electron chi connectivity index (χ0n) is 17.9. The van der Waals surface area contributed by atoms with E-state index < -0.39 is 16.5 Å². The first-order chi connectivity index (χ1) is 13.9. The second-order valence-electron chi connectivity index (χ2n) is 8.34. The first-order valence-electron chi connectivity index (χ1n) is 9.73. The van der Waals surface area contributed by atoms with Crippen LogP contribution < -0.4 is 5.32 Å². The molecular weight excluding hydrogens is 414 g/mol. The average molecular weight is 442 g/mol. The highest BCUT2D eigenvalue weighted by atomic mass is 35.5. The summed E-state index contributed by atoms with van der Waals surface area (Å²) in [4.78, 5) is 36.5. The van der Waals surface area contributed by atoms with E-state index in [0.717, 1.165) is 18.9 Å². The molecule has 1 amide bonds. The van der Waals surface area contributed by atoms with Crippen molar-refractivity contribution in [2.75, 3.05) is 25.5 Å². The van der Waals surface area contributed by atoms with Crippen molar-refractivity contribution in [3.05, 3.63) is 32.8 Å². The molecule has 1 heterocycles. The van der Waals surface area contributed by atoms with Gasteiger partial charge in [-0.15, -0.1) is 0 Å². The Bertz CT molecular complexity index is 815. The van der Waals surface area contributed by atoms with Crippen LogP contribution in [0.5, 0.6) is 0 Å². The number of benzene rings is 1. The van der Waals surface area contributed by atoms with Gasteiger partial charge in [0.05, 0.1) is 23.3 Å². The summed E-state index contributed by atoms with van der Waals surface area (Å²) < 4.78 is 10.1. The lowest BCUT2D eigenvalue weighted by atomic mass is 9.90. The zero-order valence-corrected chi connectivity index (χ0v) is 18.6. The molecule has 1 aromatic rings. The monoisotopic (exact) mass is 441 g/mol. The molecule has 1 fully saturated rings. The predicted octanol–water partition coefficient (Wildman–Crippen LogP) is 4.48. The number of carbonyl (C=O) groups is 2. The molecule has 2 rings (SSSR count). The number of hydrogen-bond acceptors (Lipinski definition) is 7. The van der Waals surface area contributed by atoms with Gasteiger partial charge in [-0.05, 0) is 52.5 Å². The molecule has 1 aromatic carbocycles. The quantitative estimate of drug-likeness (QED) is 0.407. The Morgan fingerprint density at radius 3 is 2.40 bits per heavy atom. The fraction of sp³-hybridized carbons (Fsp3) is 0.600. The molecule has 1 N–H and O–H groups in total. The summed E-state index contributed by atoms with van der Waals surface area (Å²) in [5, 5.41) is 14.4. The van der Waals surface area contributed by atoms with Crippen molar-refractivity contribution < 1.29 is 24.0 Å². The average Bonchev–Trinajstić information content (AvgIpc) is 2.67. The van der Waals surface area contributed by atoms with Gasteiger partial charge in [-0.25, -0.2) is 9.59 Å². The third-order valence-electron chi connectivity index (χ3n) is 4.95.